The van der Waals surface area contributed by atoms with Gasteiger partial charge in [0.1, 0.15) is 5.75 Å². The summed E-state index contributed by atoms with van der Waals surface area (Å²) in [7, 11) is 1.51. The number of ether oxygens (including phenoxy) is 1. The highest BCUT2D eigenvalue weighted by molar-refractivity contribution is 5.97. The lowest BCUT2D eigenvalue weighted by atomic mass is 10.1. The smallest absolute Gasteiger partial charge is 0.335 e. The normalized spacial score (nSPS) is 10.9. The lowest BCUT2D eigenvalue weighted by molar-refractivity contribution is 0.0696. The number of amides is 1. The first-order valence-corrected chi connectivity index (χ1v) is 9.33. The van der Waals surface area contributed by atoms with Gasteiger partial charge >= 0.3 is 5.97 Å². The maximum Gasteiger partial charge on any atom is 0.335 e. The van der Waals surface area contributed by atoms with E-state index in [2.05, 4.69) is 10.5 Å². The lowest BCUT2D eigenvalue weighted by Crippen LogP contribution is -2.18. The zero-order valence-corrected chi connectivity index (χ0v) is 17.3. The van der Waals surface area contributed by atoms with E-state index in [-0.39, 0.29) is 11.5 Å². The molecule has 0 fully saturated rings. The second kappa shape index (κ2) is 8.65. The Balaban J connectivity index is 1.84. The number of aryl methyl sites for hydroxylation is 2. The van der Waals surface area contributed by atoms with Crippen LogP contribution in [0.1, 0.15) is 43.2 Å². The Morgan fingerprint density at radius 2 is 1.83 bits per heavy atom. The molecule has 1 aromatic heterocycles. The molecule has 0 bridgehead atoms. The number of methoxy groups -OCH3 is 1. The van der Waals surface area contributed by atoms with Gasteiger partial charge in [-0.3, -0.25) is 4.79 Å². The van der Waals surface area contributed by atoms with Crippen LogP contribution in [0.5, 0.6) is 5.75 Å². The van der Waals surface area contributed by atoms with Gasteiger partial charge in [-0.2, -0.15) is 5.10 Å². The number of carbonyl (C=O) groups excluding carboxylic acids is 1. The number of benzene rings is 2. The number of carboxylic acids is 1. The maximum absolute atomic E-state index is 12.4. The number of nitrogens with zero attached hydrogens (tertiary/aromatic N) is 2. The molecular formula is C23H23N3O4. The van der Waals surface area contributed by atoms with E-state index in [0.717, 1.165) is 28.2 Å². The summed E-state index contributed by atoms with van der Waals surface area (Å²) >= 11 is 0. The SMILES string of the molecule is COc1ccccc1C(=O)N/N=C\c1cc(C)n(-c2ccc(C(=O)O)cc2C)c1C. The van der Waals surface area contributed by atoms with Gasteiger partial charge in [0.25, 0.3) is 5.91 Å². The van der Waals surface area contributed by atoms with Crippen molar-refractivity contribution in [3.8, 4) is 11.4 Å². The fourth-order valence-electron chi connectivity index (χ4n) is 3.38. The number of para-hydroxylation sites is 1. The molecule has 2 N–H and O–H groups in total. The predicted octanol–water partition coefficient (Wildman–Crippen LogP) is 3.87. The summed E-state index contributed by atoms with van der Waals surface area (Å²) in [6.45, 7) is 5.78. The highest BCUT2D eigenvalue weighted by Crippen LogP contribution is 2.23. The molecule has 7 heteroatoms. The summed E-state index contributed by atoms with van der Waals surface area (Å²) in [5, 5.41) is 13.3. The number of nitrogens with one attached hydrogen (secondary N) is 1. The van der Waals surface area contributed by atoms with Crippen LogP contribution in [-0.2, 0) is 0 Å². The fourth-order valence-corrected chi connectivity index (χ4v) is 3.38. The first kappa shape index (κ1) is 20.9. The number of aromatic carboxylic acids is 1. The molecule has 0 aliphatic heterocycles. The van der Waals surface area contributed by atoms with Crippen molar-refractivity contribution >= 4 is 18.1 Å². The van der Waals surface area contributed by atoms with Crippen LogP contribution in [0, 0.1) is 20.8 Å². The Morgan fingerprint density at radius 3 is 2.50 bits per heavy atom. The van der Waals surface area contributed by atoms with Crippen molar-refractivity contribution < 1.29 is 19.4 Å². The number of carboxylic acid groups (broad SMARTS) is 1. The molecule has 30 heavy (non-hydrogen) atoms. The van der Waals surface area contributed by atoms with Gasteiger partial charge < -0.3 is 14.4 Å². The number of rotatable bonds is 6. The standard InChI is InChI=1S/C23H23N3O4/c1-14-11-17(23(28)29)9-10-20(14)26-15(2)12-18(16(26)3)13-24-25-22(27)19-7-5-6-8-21(19)30-4/h5-13H,1-4H3,(H,25,27)(H,28,29)/b24-13-. The van der Waals surface area contributed by atoms with Crippen LogP contribution >= 0.6 is 0 Å². The largest absolute Gasteiger partial charge is 0.496 e. The first-order chi connectivity index (χ1) is 14.3. The second-order valence-electron chi connectivity index (χ2n) is 6.87. The van der Waals surface area contributed by atoms with E-state index in [1.54, 1.807) is 48.7 Å². The van der Waals surface area contributed by atoms with Crippen molar-refractivity contribution in [3.05, 3.63) is 82.2 Å². The van der Waals surface area contributed by atoms with Gasteiger partial charge in [0.2, 0.25) is 0 Å². The summed E-state index contributed by atoms with van der Waals surface area (Å²) in [6.07, 6.45) is 1.59. The number of hydrogen-bond acceptors (Lipinski definition) is 4. The van der Waals surface area contributed by atoms with E-state index in [9.17, 15) is 14.7 Å². The summed E-state index contributed by atoms with van der Waals surface area (Å²) in [5.41, 5.74) is 7.66. The molecule has 1 heterocycles. The van der Waals surface area contributed by atoms with E-state index in [0.29, 0.717) is 11.3 Å². The number of hydrogen-bond donors (Lipinski definition) is 2. The van der Waals surface area contributed by atoms with Crippen molar-refractivity contribution in [3.63, 3.8) is 0 Å². The molecule has 0 saturated carbocycles. The van der Waals surface area contributed by atoms with Gasteiger partial charge in [-0.25, -0.2) is 10.2 Å². The van der Waals surface area contributed by atoms with Crippen molar-refractivity contribution in [1.29, 1.82) is 0 Å². The van der Waals surface area contributed by atoms with E-state index in [1.165, 1.54) is 7.11 Å². The van der Waals surface area contributed by atoms with E-state index in [4.69, 9.17) is 4.74 Å². The number of carbonyl (C=O) groups is 2. The topological polar surface area (TPSA) is 92.9 Å². The van der Waals surface area contributed by atoms with Crippen molar-refractivity contribution in [1.82, 2.24) is 9.99 Å². The van der Waals surface area contributed by atoms with Gasteiger partial charge in [0.05, 0.1) is 24.5 Å². The molecular weight excluding hydrogens is 382 g/mol. The quantitative estimate of drug-likeness (QED) is 0.481. The van der Waals surface area contributed by atoms with Gasteiger partial charge in [0, 0.05) is 22.6 Å². The third-order valence-corrected chi connectivity index (χ3v) is 4.88. The minimum atomic E-state index is -0.954. The maximum atomic E-state index is 12.4. The van der Waals surface area contributed by atoms with Crippen LogP contribution in [0.4, 0.5) is 0 Å². The molecule has 154 valence electrons. The van der Waals surface area contributed by atoms with Crippen molar-refractivity contribution in [2.75, 3.05) is 7.11 Å². The molecule has 0 unspecified atom stereocenters. The molecule has 0 atom stereocenters. The predicted molar refractivity (Wildman–Crippen MR) is 115 cm³/mol. The third kappa shape index (κ3) is 4.10. The van der Waals surface area contributed by atoms with Gasteiger partial charge in [0.15, 0.2) is 0 Å². The van der Waals surface area contributed by atoms with Crippen molar-refractivity contribution in [2.45, 2.75) is 20.8 Å². The molecule has 2 aromatic carbocycles. The second-order valence-corrected chi connectivity index (χ2v) is 6.87. The van der Waals surface area contributed by atoms with Gasteiger partial charge in [-0.1, -0.05) is 12.1 Å². The minimum absolute atomic E-state index is 0.250. The molecule has 3 rings (SSSR count). The Morgan fingerprint density at radius 1 is 1.10 bits per heavy atom. The van der Waals surface area contributed by atoms with Crippen LogP contribution in [0.15, 0.2) is 53.6 Å². The minimum Gasteiger partial charge on any atom is -0.496 e. The number of hydrazone groups is 1. The Bertz CT molecular complexity index is 1150. The molecule has 7 nitrogen and oxygen atoms in total. The summed E-state index contributed by atoms with van der Waals surface area (Å²) in [4.78, 5) is 23.6. The van der Waals surface area contributed by atoms with Gasteiger partial charge in [-0.15, -0.1) is 0 Å². The number of aromatic nitrogens is 1. The highest BCUT2D eigenvalue weighted by Gasteiger charge is 2.14. The first-order valence-electron chi connectivity index (χ1n) is 9.33. The molecule has 0 aliphatic rings. The van der Waals surface area contributed by atoms with E-state index < -0.39 is 5.97 Å². The van der Waals surface area contributed by atoms with E-state index >= 15 is 0 Å². The van der Waals surface area contributed by atoms with Crippen molar-refractivity contribution in [2.24, 2.45) is 5.10 Å². The van der Waals surface area contributed by atoms with Crippen LogP contribution in [0.3, 0.4) is 0 Å². The summed E-state index contributed by atoms with van der Waals surface area (Å²) in [6, 6.07) is 13.9. The fraction of sp³-hybridized carbons (Fsp3) is 0.174. The highest BCUT2D eigenvalue weighted by atomic mass is 16.5. The lowest BCUT2D eigenvalue weighted by Gasteiger charge is -2.13. The van der Waals surface area contributed by atoms with Crippen LogP contribution in [0.2, 0.25) is 0 Å². The average molecular weight is 405 g/mol. The van der Waals surface area contributed by atoms with Crippen LogP contribution in [-0.4, -0.2) is 34.9 Å². The summed E-state index contributed by atoms with van der Waals surface area (Å²) in [5.74, 6) is -0.842. The Hall–Kier alpha value is -3.87. The van der Waals surface area contributed by atoms with E-state index in [1.807, 2.05) is 31.4 Å². The van der Waals surface area contributed by atoms with Gasteiger partial charge in [-0.05, 0) is 62.7 Å². The Labute approximate surface area is 174 Å². The molecule has 0 aliphatic carbocycles. The molecule has 0 spiro atoms. The third-order valence-electron chi connectivity index (χ3n) is 4.88. The molecule has 3 aromatic rings. The molecule has 1 amide bonds. The summed E-state index contributed by atoms with van der Waals surface area (Å²) < 4.78 is 7.23. The zero-order valence-electron chi connectivity index (χ0n) is 17.3. The molecule has 0 saturated heterocycles. The monoisotopic (exact) mass is 405 g/mol. The average Bonchev–Trinajstić information content (AvgIpc) is 3.01. The molecule has 0 radical (unpaired) electrons. The van der Waals surface area contributed by atoms with Crippen LogP contribution < -0.4 is 10.2 Å². The Kier molecular flexibility index (Phi) is 6.01. The zero-order chi connectivity index (χ0) is 21.8. The van der Waals surface area contributed by atoms with Crippen LogP contribution in [0.25, 0.3) is 5.69 Å².